The summed E-state index contributed by atoms with van der Waals surface area (Å²) in [6.45, 7) is 0.435. The van der Waals surface area contributed by atoms with Crippen LogP contribution in [0.1, 0.15) is 6.42 Å². The van der Waals surface area contributed by atoms with Gasteiger partial charge in [0.05, 0.1) is 24.0 Å². The van der Waals surface area contributed by atoms with E-state index in [2.05, 4.69) is 15.6 Å². The average Bonchev–Trinajstić information content (AvgIpc) is 2.98. The quantitative estimate of drug-likeness (QED) is 0.727. The van der Waals surface area contributed by atoms with Gasteiger partial charge in [-0.3, -0.25) is 4.79 Å². The molecule has 1 saturated heterocycles. The number of hydrogen-bond donors (Lipinski definition) is 3. The van der Waals surface area contributed by atoms with Crippen molar-refractivity contribution in [3.05, 3.63) is 47.6 Å². The third kappa shape index (κ3) is 6.02. The predicted molar refractivity (Wildman–Crippen MR) is 101 cm³/mol. The highest BCUT2D eigenvalue weighted by Crippen LogP contribution is 2.22. The van der Waals surface area contributed by atoms with Crippen LogP contribution in [0.15, 0.2) is 42.6 Å². The number of halogens is 3. The molecule has 25 heavy (non-hydrogen) atoms. The van der Waals surface area contributed by atoms with Gasteiger partial charge in [0.2, 0.25) is 11.8 Å². The van der Waals surface area contributed by atoms with Gasteiger partial charge in [-0.25, -0.2) is 4.98 Å². The van der Waals surface area contributed by atoms with Crippen LogP contribution in [0.25, 0.3) is 0 Å². The molecule has 0 radical (unpaired) electrons. The molecule has 2 aromatic rings. The summed E-state index contributed by atoms with van der Waals surface area (Å²) >= 11 is 5.81. The molecule has 2 unspecified atom stereocenters. The summed E-state index contributed by atoms with van der Waals surface area (Å²) < 4.78 is 5.58. The van der Waals surface area contributed by atoms with Crippen molar-refractivity contribution in [1.82, 2.24) is 10.3 Å². The van der Waals surface area contributed by atoms with Gasteiger partial charge in [0, 0.05) is 17.6 Å². The summed E-state index contributed by atoms with van der Waals surface area (Å²) in [6.07, 6.45) is 1.46. The molecule has 0 spiro atoms. The molecule has 0 aliphatic carbocycles. The van der Waals surface area contributed by atoms with E-state index in [1.54, 1.807) is 36.4 Å². The summed E-state index contributed by atoms with van der Waals surface area (Å²) in [5, 5.41) is 15.8. The fourth-order valence-corrected chi connectivity index (χ4v) is 2.41. The van der Waals surface area contributed by atoms with E-state index in [4.69, 9.17) is 16.3 Å². The molecule has 136 valence electrons. The first kappa shape index (κ1) is 21.5. The molecule has 9 heteroatoms. The molecule has 0 saturated carbocycles. The van der Waals surface area contributed by atoms with E-state index in [-0.39, 0.29) is 36.8 Å². The monoisotopic (exact) mass is 405 g/mol. The zero-order chi connectivity index (χ0) is 16.2. The summed E-state index contributed by atoms with van der Waals surface area (Å²) in [4.78, 5) is 16.2. The summed E-state index contributed by atoms with van der Waals surface area (Å²) in [5.41, 5.74) is 0.571. The van der Waals surface area contributed by atoms with Crippen LogP contribution < -0.4 is 15.4 Å². The third-order valence-corrected chi connectivity index (χ3v) is 3.72. The fourth-order valence-electron chi connectivity index (χ4n) is 2.28. The van der Waals surface area contributed by atoms with Crippen LogP contribution in [0.2, 0.25) is 5.02 Å². The van der Waals surface area contributed by atoms with Crippen LogP contribution in [-0.4, -0.2) is 34.7 Å². The molecule has 1 aliphatic rings. The highest BCUT2D eigenvalue weighted by Gasteiger charge is 2.27. The van der Waals surface area contributed by atoms with Crippen molar-refractivity contribution in [2.24, 2.45) is 0 Å². The maximum absolute atomic E-state index is 12.0. The Bertz CT molecular complexity index is 683. The van der Waals surface area contributed by atoms with Crippen molar-refractivity contribution in [2.75, 3.05) is 11.9 Å². The molecule has 2 heterocycles. The number of anilines is 1. The predicted octanol–water partition coefficient (Wildman–Crippen LogP) is 3.03. The summed E-state index contributed by atoms with van der Waals surface area (Å²) in [6, 6.07) is 9.95. The minimum atomic E-state index is -0.473. The van der Waals surface area contributed by atoms with E-state index < -0.39 is 6.10 Å². The Hall–Kier alpha value is -1.57. The number of pyridine rings is 1. The highest BCUT2D eigenvalue weighted by molar-refractivity contribution is 6.30. The molecular weight excluding hydrogens is 389 g/mol. The zero-order valence-electron chi connectivity index (χ0n) is 13.0. The standard InChI is InChI=1S/C16H16ClN3O3.2ClH/c17-10-1-4-13(5-2-10)23-15-6-3-11(8-19-15)20-16(22)14-7-12(21)9-18-14;;/h1-6,8,12,14,18,21H,7,9H2,(H,20,22);2*1H. The number of nitrogens with one attached hydrogen (secondary N) is 2. The number of hydrogen-bond acceptors (Lipinski definition) is 5. The highest BCUT2D eigenvalue weighted by atomic mass is 35.5. The number of carbonyl (C=O) groups is 1. The molecule has 2 atom stereocenters. The molecule has 3 N–H and O–H groups in total. The van der Waals surface area contributed by atoms with Crippen LogP contribution >= 0.6 is 36.4 Å². The number of β-amino-alcohol motifs (C(OH)–C–C–N with tert-alkyl or cyclic N) is 1. The number of aromatic nitrogens is 1. The molecule has 1 aromatic heterocycles. The number of ether oxygens (including phenoxy) is 1. The van der Waals surface area contributed by atoms with E-state index in [9.17, 15) is 9.90 Å². The second-order valence-electron chi connectivity index (χ2n) is 5.28. The van der Waals surface area contributed by atoms with Gasteiger partial charge in [-0.2, -0.15) is 0 Å². The SMILES string of the molecule is Cl.Cl.O=C(Nc1ccc(Oc2ccc(Cl)cc2)nc1)C1CC(O)CN1. The Balaban J connectivity index is 0.00000156. The van der Waals surface area contributed by atoms with E-state index in [0.29, 0.717) is 35.3 Å². The minimum Gasteiger partial charge on any atom is -0.439 e. The van der Waals surface area contributed by atoms with Crippen LogP contribution in [0, 0.1) is 0 Å². The first-order valence-electron chi connectivity index (χ1n) is 7.22. The van der Waals surface area contributed by atoms with Crippen LogP contribution in [0.4, 0.5) is 5.69 Å². The number of benzene rings is 1. The normalized spacial score (nSPS) is 18.6. The first-order valence-corrected chi connectivity index (χ1v) is 7.60. The van der Waals surface area contributed by atoms with Gasteiger partial charge in [0.15, 0.2) is 0 Å². The van der Waals surface area contributed by atoms with Gasteiger partial charge < -0.3 is 20.5 Å². The lowest BCUT2D eigenvalue weighted by molar-refractivity contribution is -0.117. The minimum absolute atomic E-state index is 0. The Morgan fingerprint density at radius 1 is 1.24 bits per heavy atom. The van der Waals surface area contributed by atoms with Gasteiger partial charge in [-0.1, -0.05) is 11.6 Å². The molecule has 1 amide bonds. The van der Waals surface area contributed by atoms with Crippen molar-refractivity contribution in [3.8, 4) is 11.6 Å². The number of amides is 1. The van der Waals surface area contributed by atoms with E-state index >= 15 is 0 Å². The molecule has 1 fully saturated rings. The van der Waals surface area contributed by atoms with Crippen molar-refractivity contribution in [1.29, 1.82) is 0 Å². The number of aliphatic hydroxyl groups excluding tert-OH is 1. The van der Waals surface area contributed by atoms with Gasteiger partial charge >= 0.3 is 0 Å². The summed E-state index contributed by atoms with van der Waals surface area (Å²) in [5.74, 6) is 0.859. The number of rotatable bonds is 4. The van der Waals surface area contributed by atoms with Crippen molar-refractivity contribution < 1.29 is 14.6 Å². The maximum Gasteiger partial charge on any atom is 0.241 e. The molecule has 3 rings (SSSR count). The topological polar surface area (TPSA) is 83.5 Å². The molecule has 0 bridgehead atoms. The second kappa shape index (κ2) is 9.79. The van der Waals surface area contributed by atoms with Crippen LogP contribution in [0.3, 0.4) is 0 Å². The lowest BCUT2D eigenvalue weighted by Gasteiger charge is -2.11. The molecular formula is C16H18Cl3N3O3. The van der Waals surface area contributed by atoms with Gasteiger partial charge in [0.25, 0.3) is 0 Å². The lowest BCUT2D eigenvalue weighted by Crippen LogP contribution is -2.35. The van der Waals surface area contributed by atoms with Gasteiger partial charge in [-0.05, 0) is 36.8 Å². The van der Waals surface area contributed by atoms with Gasteiger partial charge in [0.1, 0.15) is 5.75 Å². The Morgan fingerprint density at radius 3 is 2.52 bits per heavy atom. The Morgan fingerprint density at radius 2 is 1.96 bits per heavy atom. The van der Waals surface area contributed by atoms with E-state index in [1.165, 1.54) is 6.20 Å². The van der Waals surface area contributed by atoms with E-state index in [1.807, 2.05) is 0 Å². The molecule has 1 aliphatic heterocycles. The largest absolute Gasteiger partial charge is 0.439 e. The Labute approximate surface area is 162 Å². The summed E-state index contributed by atoms with van der Waals surface area (Å²) in [7, 11) is 0. The van der Waals surface area contributed by atoms with Crippen molar-refractivity contribution in [3.63, 3.8) is 0 Å². The average molecular weight is 407 g/mol. The number of carbonyl (C=O) groups excluding carboxylic acids is 1. The first-order chi connectivity index (χ1) is 11.1. The van der Waals surface area contributed by atoms with Crippen LogP contribution in [0.5, 0.6) is 11.6 Å². The Kier molecular flexibility index (Phi) is 8.41. The van der Waals surface area contributed by atoms with Crippen LogP contribution in [-0.2, 0) is 4.79 Å². The second-order valence-corrected chi connectivity index (χ2v) is 5.72. The van der Waals surface area contributed by atoms with E-state index in [0.717, 1.165) is 0 Å². The number of nitrogens with zero attached hydrogens (tertiary/aromatic N) is 1. The molecule has 6 nitrogen and oxygen atoms in total. The lowest BCUT2D eigenvalue weighted by atomic mass is 10.2. The number of aliphatic hydroxyl groups is 1. The third-order valence-electron chi connectivity index (χ3n) is 3.46. The fraction of sp³-hybridized carbons (Fsp3) is 0.250. The van der Waals surface area contributed by atoms with Crippen molar-refractivity contribution in [2.45, 2.75) is 18.6 Å². The van der Waals surface area contributed by atoms with Gasteiger partial charge in [-0.15, -0.1) is 24.8 Å². The maximum atomic E-state index is 12.0. The molecule has 1 aromatic carbocycles. The van der Waals surface area contributed by atoms with Crippen molar-refractivity contribution >= 4 is 48.0 Å². The zero-order valence-corrected chi connectivity index (χ0v) is 15.4. The smallest absolute Gasteiger partial charge is 0.241 e.